The van der Waals surface area contributed by atoms with Crippen LogP contribution in [0.3, 0.4) is 0 Å². The summed E-state index contributed by atoms with van der Waals surface area (Å²) < 4.78 is 0. The second-order valence-corrected chi connectivity index (χ2v) is 3.44. The van der Waals surface area contributed by atoms with Crippen molar-refractivity contribution in [3.63, 3.8) is 0 Å². The molecule has 55 valence electrons. The van der Waals surface area contributed by atoms with Gasteiger partial charge in [0.15, 0.2) is 0 Å². The molecule has 0 saturated carbocycles. The molecule has 0 aliphatic carbocycles. The van der Waals surface area contributed by atoms with Gasteiger partial charge < -0.3 is 0 Å². The molecular formula is C6H13N2PY. The zero-order valence-corrected chi connectivity index (χ0v) is 10.8. The van der Waals surface area contributed by atoms with Crippen LogP contribution in [0.15, 0.2) is 9.98 Å². The largest absolute Gasteiger partial charge is 0.293 e. The Morgan fingerprint density at radius 3 is 1.50 bits per heavy atom. The van der Waals surface area contributed by atoms with E-state index < -0.39 is 0 Å². The quantitative estimate of drug-likeness (QED) is 0.512. The molecule has 0 aliphatic heterocycles. The SMILES string of the molecule is CN=C(C)PC(C)=NC.[Y]. The normalized spacial score (nSPS) is 14.0. The number of hydrogen-bond acceptors (Lipinski definition) is 2. The summed E-state index contributed by atoms with van der Waals surface area (Å²) in [5.41, 5.74) is 2.33. The van der Waals surface area contributed by atoms with E-state index in [1.165, 1.54) is 0 Å². The van der Waals surface area contributed by atoms with Crippen LogP contribution in [0.4, 0.5) is 0 Å². The first-order chi connectivity index (χ1) is 4.20. The van der Waals surface area contributed by atoms with E-state index >= 15 is 0 Å². The Morgan fingerprint density at radius 1 is 1.00 bits per heavy atom. The minimum atomic E-state index is 0. The van der Waals surface area contributed by atoms with E-state index in [1.54, 1.807) is 0 Å². The van der Waals surface area contributed by atoms with Crippen molar-refractivity contribution >= 4 is 19.5 Å². The first-order valence-electron chi connectivity index (χ1n) is 2.84. The third kappa shape index (κ3) is 6.99. The Bertz CT molecular complexity index is 127. The van der Waals surface area contributed by atoms with Crippen LogP contribution in [0.1, 0.15) is 13.8 Å². The molecule has 10 heavy (non-hydrogen) atoms. The first-order valence-corrected chi connectivity index (χ1v) is 3.84. The summed E-state index contributed by atoms with van der Waals surface area (Å²) in [5.74, 6) is 0. The van der Waals surface area contributed by atoms with Gasteiger partial charge in [0.2, 0.25) is 0 Å². The Balaban J connectivity index is 0. The van der Waals surface area contributed by atoms with Crippen LogP contribution in [0.5, 0.6) is 0 Å². The molecule has 0 rings (SSSR count). The van der Waals surface area contributed by atoms with Crippen LogP contribution < -0.4 is 0 Å². The summed E-state index contributed by atoms with van der Waals surface area (Å²) in [4.78, 5) is 8.05. The van der Waals surface area contributed by atoms with E-state index in [0.717, 1.165) is 10.9 Å². The molecule has 0 atom stereocenters. The van der Waals surface area contributed by atoms with Crippen molar-refractivity contribution in [3.8, 4) is 0 Å². The maximum atomic E-state index is 4.02. The molecule has 0 saturated heterocycles. The van der Waals surface area contributed by atoms with Crippen LogP contribution in [-0.2, 0) is 32.7 Å². The van der Waals surface area contributed by atoms with Crippen molar-refractivity contribution in [1.82, 2.24) is 0 Å². The van der Waals surface area contributed by atoms with E-state index in [1.807, 2.05) is 27.9 Å². The second-order valence-electron chi connectivity index (χ2n) is 1.74. The Kier molecular flexibility index (Phi) is 10.7. The fourth-order valence-electron chi connectivity index (χ4n) is 0.374. The van der Waals surface area contributed by atoms with Gasteiger partial charge in [-0.25, -0.2) is 0 Å². The standard InChI is InChI=1S/C6H13N2P.Y/c1-5(7-3)9-6(2)8-4;/h9H,1-4H3;. The fraction of sp³-hybridized carbons (Fsp3) is 0.667. The molecule has 0 aromatic carbocycles. The molecule has 0 amide bonds. The summed E-state index contributed by atoms with van der Waals surface area (Å²) in [6, 6.07) is 0. The monoisotopic (exact) mass is 233 g/mol. The number of rotatable bonds is 2. The summed E-state index contributed by atoms with van der Waals surface area (Å²) in [7, 11) is 4.30. The Labute approximate surface area is 89.7 Å². The molecule has 0 N–H and O–H groups in total. The Morgan fingerprint density at radius 2 is 1.30 bits per heavy atom. The first kappa shape index (κ1) is 13.5. The van der Waals surface area contributed by atoms with Crippen molar-refractivity contribution in [2.24, 2.45) is 9.98 Å². The molecule has 2 nitrogen and oxygen atoms in total. The van der Waals surface area contributed by atoms with Crippen LogP contribution in [0.2, 0.25) is 0 Å². The zero-order chi connectivity index (χ0) is 7.28. The third-order valence-corrected chi connectivity index (χ3v) is 2.20. The number of aliphatic imine (C=N–C) groups is 2. The van der Waals surface area contributed by atoms with Gasteiger partial charge in [0.1, 0.15) is 0 Å². The number of nitrogens with zero attached hydrogens (tertiary/aromatic N) is 2. The van der Waals surface area contributed by atoms with E-state index in [-0.39, 0.29) is 32.7 Å². The molecule has 0 aromatic heterocycles. The van der Waals surface area contributed by atoms with E-state index in [9.17, 15) is 0 Å². The van der Waals surface area contributed by atoms with Gasteiger partial charge in [0.05, 0.1) is 0 Å². The smallest absolute Gasteiger partial charge is 0.0345 e. The second kappa shape index (κ2) is 7.98. The average molecular weight is 233 g/mol. The maximum Gasteiger partial charge on any atom is 0.0345 e. The van der Waals surface area contributed by atoms with Crippen molar-refractivity contribution in [3.05, 3.63) is 0 Å². The van der Waals surface area contributed by atoms with Crippen molar-refractivity contribution in [1.29, 1.82) is 0 Å². The van der Waals surface area contributed by atoms with Crippen LogP contribution in [0, 0.1) is 0 Å². The molecule has 4 heteroatoms. The van der Waals surface area contributed by atoms with E-state index in [2.05, 4.69) is 9.98 Å². The minimum Gasteiger partial charge on any atom is -0.293 e. The van der Waals surface area contributed by atoms with Gasteiger partial charge in [-0.15, -0.1) is 0 Å². The zero-order valence-electron chi connectivity index (χ0n) is 6.97. The Hall–Kier alpha value is 0.874. The van der Waals surface area contributed by atoms with Gasteiger partial charge in [0.25, 0.3) is 0 Å². The fourth-order valence-corrected chi connectivity index (χ4v) is 1.12. The molecule has 0 aliphatic rings. The van der Waals surface area contributed by atoms with Gasteiger partial charge in [-0.1, -0.05) is 0 Å². The molecular weight excluding hydrogens is 220 g/mol. The molecule has 1 radical (unpaired) electrons. The van der Waals surface area contributed by atoms with Crippen LogP contribution in [-0.4, -0.2) is 25.0 Å². The maximum absolute atomic E-state index is 4.02. The third-order valence-electron chi connectivity index (χ3n) is 1.03. The summed E-state index contributed by atoms with van der Waals surface area (Å²) in [6.45, 7) is 4.04. The van der Waals surface area contributed by atoms with E-state index in [4.69, 9.17) is 0 Å². The molecule has 0 unspecified atom stereocenters. The average Bonchev–Trinajstić information content (AvgIpc) is 1.87. The molecule has 0 aromatic rings. The summed E-state index contributed by atoms with van der Waals surface area (Å²) in [6.07, 6.45) is 0. The molecule has 0 heterocycles. The summed E-state index contributed by atoms with van der Waals surface area (Å²) in [5, 5.41) is 0. The topological polar surface area (TPSA) is 24.7 Å². The van der Waals surface area contributed by atoms with Crippen LogP contribution in [0.25, 0.3) is 0 Å². The minimum absolute atomic E-state index is 0. The van der Waals surface area contributed by atoms with Crippen molar-refractivity contribution in [2.45, 2.75) is 13.8 Å². The van der Waals surface area contributed by atoms with Gasteiger partial charge in [-0.2, -0.15) is 0 Å². The van der Waals surface area contributed by atoms with Gasteiger partial charge in [0, 0.05) is 57.7 Å². The predicted molar refractivity (Wildman–Crippen MR) is 46.4 cm³/mol. The van der Waals surface area contributed by atoms with Gasteiger partial charge >= 0.3 is 0 Å². The molecule has 0 fully saturated rings. The number of hydrogen-bond donors (Lipinski definition) is 0. The predicted octanol–water partition coefficient (Wildman–Crippen LogP) is 1.76. The summed E-state index contributed by atoms with van der Waals surface area (Å²) >= 11 is 0. The van der Waals surface area contributed by atoms with Gasteiger partial charge in [-0.3, -0.25) is 9.98 Å². The van der Waals surface area contributed by atoms with E-state index in [0.29, 0.717) is 8.58 Å². The van der Waals surface area contributed by atoms with Gasteiger partial charge in [-0.05, 0) is 22.4 Å². The molecule has 0 bridgehead atoms. The van der Waals surface area contributed by atoms with Crippen molar-refractivity contribution < 1.29 is 32.7 Å². The molecule has 0 spiro atoms. The van der Waals surface area contributed by atoms with Crippen molar-refractivity contribution in [2.75, 3.05) is 14.1 Å². The van der Waals surface area contributed by atoms with Crippen LogP contribution >= 0.6 is 8.58 Å².